The summed E-state index contributed by atoms with van der Waals surface area (Å²) in [5.41, 5.74) is 0.966. The number of nitrogens with zero attached hydrogens (tertiary/aromatic N) is 1. The van der Waals surface area contributed by atoms with Crippen molar-refractivity contribution in [1.29, 1.82) is 0 Å². The number of halogens is 2. The van der Waals surface area contributed by atoms with Gasteiger partial charge in [-0.3, -0.25) is 5.32 Å². The highest BCUT2D eigenvalue weighted by Crippen LogP contribution is 2.16. The summed E-state index contributed by atoms with van der Waals surface area (Å²) in [7, 11) is 0. The zero-order chi connectivity index (χ0) is 14.4. The van der Waals surface area contributed by atoms with Crippen LogP contribution in [0.25, 0.3) is 6.08 Å². The molecule has 0 unspecified atom stereocenters. The lowest BCUT2D eigenvalue weighted by atomic mass is 10.2. The number of nitrogens with one attached hydrogen (secondary N) is 2. The van der Waals surface area contributed by atoms with Gasteiger partial charge in [0, 0.05) is 21.9 Å². The Labute approximate surface area is 130 Å². The van der Waals surface area contributed by atoms with E-state index >= 15 is 0 Å². The van der Waals surface area contributed by atoms with Crippen molar-refractivity contribution in [3.05, 3.63) is 63.9 Å². The highest BCUT2D eigenvalue weighted by molar-refractivity contribution is 9.10. The van der Waals surface area contributed by atoms with E-state index in [1.165, 1.54) is 6.20 Å². The zero-order valence-electron chi connectivity index (χ0n) is 10.3. The normalized spacial score (nSPS) is 10.5. The summed E-state index contributed by atoms with van der Waals surface area (Å²) in [6, 6.07) is 10.5. The fourth-order valence-corrected chi connectivity index (χ4v) is 2.02. The van der Waals surface area contributed by atoms with Crippen LogP contribution in [0.3, 0.4) is 0 Å². The molecule has 0 bridgehead atoms. The van der Waals surface area contributed by atoms with Gasteiger partial charge in [-0.25, -0.2) is 9.78 Å². The lowest BCUT2D eigenvalue weighted by molar-refractivity contribution is 0.255. The van der Waals surface area contributed by atoms with Crippen LogP contribution in [0.4, 0.5) is 10.6 Å². The van der Waals surface area contributed by atoms with E-state index in [4.69, 9.17) is 11.6 Å². The molecule has 0 aliphatic heterocycles. The molecule has 0 spiro atoms. The van der Waals surface area contributed by atoms with E-state index in [1.54, 1.807) is 24.4 Å². The highest BCUT2D eigenvalue weighted by atomic mass is 79.9. The molecule has 1 aromatic heterocycles. The minimum atomic E-state index is -0.386. The number of amides is 2. The third kappa shape index (κ3) is 4.36. The first-order valence-electron chi connectivity index (χ1n) is 5.75. The van der Waals surface area contributed by atoms with Crippen LogP contribution in [0, 0.1) is 0 Å². The van der Waals surface area contributed by atoms with Crippen molar-refractivity contribution in [2.24, 2.45) is 0 Å². The predicted octanol–water partition coefficient (Wildman–Crippen LogP) is 4.29. The molecule has 0 aliphatic rings. The first-order valence-corrected chi connectivity index (χ1v) is 6.92. The standard InChI is InChI=1S/C14H11BrClN3O/c15-12-4-2-1-3-10(12)5-7-18-14(20)19-13-9-11(16)6-8-17-13/h1-9H,(H2,17,18,19,20)/b7-5+. The number of rotatable bonds is 3. The zero-order valence-corrected chi connectivity index (χ0v) is 12.6. The first-order chi connectivity index (χ1) is 9.65. The Morgan fingerprint density at radius 2 is 2.10 bits per heavy atom. The molecule has 2 aromatic rings. The topological polar surface area (TPSA) is 54.0 Å². The molecule has 2 N–H and O–H groups in total. The first kappa shape index (κ1) is 14.6. The Balaban J connectivity index is 1.91. The Kier molecular flexibility index (Phi) is 5.15. The quantitative estimate of drug-likeness (QED) is 0.866. The average Bonchev–Trinajstić information content (AvgIpc) is 2.41. The molecule has 0 radical (unpaired) electrons. The highest BCUT2D eigenvalue weighted by Gasteiger charge is 2.00. The summed E-state index contributed by atoms with van der Waals surface area (Å²) < 4.78 is 0.954. The van der Waals surface area contributed by atoms with Gasteiger partial charge in [0.25, 0.3) is 0 Å². The second-order valence-electron chi connectivity index (χ2n) is 3.81. The number of hydrogen-bond acceptors (Lipinski definition) is 2. The number of urea groups is 1. The monoisotopic (exact) mass is 351 g/mol. The summed E-state index contributed by atoms with van der Waals surface area (Å²) in [6.45, 7) is 0. The van der Waals surface area contributed by atoms with Crippen LogP contribution in [0.1, 0.15) is 5.56 Å². The molecule has 6 heteroatoms. The largest absolute Gasteiger partial charge is 0.324 e. The summed E-state index contributed by atoms with van der Waals surface area (Å²) in [5.74, 6) is 0.393. The summed E-state index contributed by atoms with van der Waals surface area (Å²) in [5, 5.41) is 5.68. The van der Waals surface area contributed by atoms with Gasteiger partial charge in [0.15, 0.2) is 0 Å². The Morgan fingerprint density at radius 1 is 1.30 bits per heavy atom. The van der Waals surface area contributed by atoms with Crippen LogP contribution in [-0.2, 0) is 0 Å². The van der Waals surface area contributed by atoms with Crippen LogP contribution in [0.2, 0.25) is 5.02 Å². The third-order valence-electron chi connectivity index (χ3n) is 2.35. The van der Waals surface area contributed by atoms with Gasteiger partial charge in [-0.1, -0.05) is 45.7 Å². The van der Waals surface area contributed by atoms with Crippen molar-refractivity contribution in [1.82, 2.24) is 10.3 Å². The van der Waals surface area contributed by atoms with Crippen molar-refractivity contribution in [2.45, 2.75) is 0 Å². The van der Waals surface area contributed by atoms with Gasteiger partial charge in [-0.2, -0.15) is 0 Å². The summed E-state index contributed by atoms with van der Waals surface area (Å²) in [6.07, 6.45) is 4.86. The second-order valence-corrected chi connectivity index (χ2v) is 5.10. The van der Waals surface area contributed by atoms with Gasteiger partial charge >= 0.3 is 6.03 Å². The Hall–Kier alpha value is -1.85. The van der Waals surface area contributed by atoms with Crippen LogP contribution < -0.4 is 10.6 Å². The van der Waals surface area contributed by atoms with Crippen molar-refractivity contribution in [3.63, 3.8) is 0 Å². The predicted molar refractivity (Wildman–Crippen MR) is 84.6 cm³/mol. The number of hydrogen-bond donors (Lipinski definition) is 2. The minimum absolute atomic E-state index is 0.386. The number of benzene rings is 1. The number of pyridine rings is 1. The smallest absolute Gasteiger partial charge is 0.314 e. The summed E-state index contributed by atoms with van der Waals surface area (Å²) in [4.78, 5) is 15.6. The van der Waals surface area contributed by atoms with E-state index in [2.05, 4.69) is 31.5 Å². The lowest BCUT2D eigenvalue weighted by Gasteiger charge is -2.03. The molecule has 1 aromatic carbocycles. The van der Waals surface area contributed by atoms with E-state index < -0.39 is 0 Å². The van der Waals surface area contributed by atoms with E-state index in [0.29, 0.717) is 10.8 Å². The SMILES string of the molecule is O=C(N/C=C/c1ccccc1Br)Nc1cc(Cl)ccn1. The van der Waals surface area contributed by atoms with E-state index in [-0.39, 0.29) is 6.03 Å². The molecule has 102 valence electrons. The van der Waals surface area contributed by atoms with Crippen molar-refractivity contribution < 1.29 is 4.79 Å². The molecule has 0 saturated heterocycles. The summed E-state index contributed by atoms with van der Waals surface area (Å²) >= 11 is 9.22. The molecule has 1 heterocycles. The van der Waals surface area contributed by atoms with Gasteiger partial charge < -0.3 is 5.32 Å². The molecule has 4 nitrogen and oxygen atoms in total. The molecule has 0 saturated carbocycles. The Bertz CT molecular complexity index is 646. The maximum atomic E-state index is 11.6. The molecule has 0 aliphatic carbocycles. The maximum absolute atomic E-state index is 11.6. The average molecular weight is 353 g/mol. The maximum Gasteiger partial charge on any atom is 0.324 e. The van der Waals surface area contributed by atoms with Crippen LogP contribution in [0.5, 0.6) is 0 Å². The van der Waals surface area contributed by atoms with Crippen molar-refractivity contribution >= 4 is 45.5 Å². The molecule has 2 rings (SSSR count). The van der Waals surface area contributed by atoms with E-state index in [1.807, 2.05) is 24.3 Å². The molecular weight excluding hydrogens is 342 g/mol. The number of aromatic nitrogens is 1. The number of carbonyl (C=O) groups excluding carboxylic acids is 1. The molecule has 2 amide bonds. The van der Waals surface area contributed by atoms with Crippen LogP contribution in [-0.4, -0.2) is 11.0 Å². The fraction of sp³-hybridized carbons (Fsp3) is 0. The van der Waals surface area contributed by atoms with Gasteiger partial charge in [0.2, 0.25) is 0 Å². The van der Waals surface area contributed by atoms with Crippen LogP contribution in [0.15, 0.2) is 53.3 Å². The van der Waals surface area contributed by atoms with E-state index in [0.717, 1.165) is 10.0 Å². The number of carbonyl (C=O) groups is 1. The van der Waals surface area contributed by atoms with Crippen molar-refractivity contribution in [2.75, 3.05) is 5.32 Å². The van der Waals surface area contributed by atoms with Gasteiger partial charge in [-0.15, -0.1) is 0 Å². The minimum Gasteiger partial charge on any atom is -0.314 e. The molecular formula is C14H11BrClN3O. The van der Waals surface area contributed by atoms with Crippen molar-refractivity contribution in [3.8, 4) is 0 Å². The Morgan fingerprint density at radius 3 is 2.85 bits per heavy atom. The fourth-order valence-electron chi connectivity index (χ4n) is 1.44. The molecule has 20 heavy (non-hydrogen) atoms. The van der Waals surface area contributed by atoms with Crippen LogP contribution >= 0.6 is 27.5 Å². The lowest BCUT2D eigenvalue weighted by Crippen LogP contribution is -2.24. The second kappa shape index (κ2) is 7.07. The number of anilines is 1. The van der Waals surface area contributed by atoms with E-state index in [9.17, 15) is 4.79 Å². The van der Waals surface area contributed by atoms with Gasteiger partial charge in [-0.05, 0) is 29.8 Å². The third-order valence-corrected chi connectivity index (χ3v) is 3.30. The molecule has 0 fully saturated rings. The molecule has 0 atom stereocenters. The van der Waals surface area contributed by atoms with Gasteiger partial charge in [0.1, 0.15) is 5.82 Å². The van der Waals surface area contributed by atoms with Gasteiger partial charge in [0.05, 0.1) is 0 Å².